The van der Waals surface area contributed by atoms with Crippen LogP contribution in [0.3, 0.4) is 0 Å². The summed E-state index contributed by atoms with van der Waals surface area (Å²) in [5.41, 5.74) is -0.252. The van der Waals surface area contributed by atoms with Gasteiger partial charge >= 0.3 is 5.97 Å². The molecule has 0 saturated carbocycles. The number of nitrogens with one attached hydrogen (secondary N) is 1. The Morgan fingerprint density at radius 1 is 1.30 bits per heavy atom. The summed E-state index contributed by atoms with van der Waals surface area (Å²) in [6, 6.07) is 0. The first-order chi connectivity index (χ1) is 9.51. The Morgan fingerprint density at radius 3 is 2.40 bits per heavy atom. The molecule has 0 aromatic rings. The van der Waals surface area contributed by atoms with E-state index in [1.54, 1.807) is 0 Å². The standard InChI is InChI=1S/C15H26N2O3/c1-11(2)15(6-7-16-10-15)14(19)17-8-4-12(5-9-17)13(18)20-3/h11-12,16H,4-10H2,1-3H3. The maximum atomic E-state index is 12.9. The predicted molar refractivity (Wildman–Crippen MR) is 76.1 cm³/mol. The van der Waals surface area contributed by atoms with Gasteiger partial charge in [0.05, 0.1) is 18.4 Å². The molecule has 5 nitrogen and oxygen atoms in total. The molecule has 2 rings (SSSR count). The van der Waals surface area contributed by atoms with Crippen molar-refractivity contribution in [3.63, 3.8) is 0 Å². The Hall–Kier alpha value is -1.10. The second-order valence-corrected chi connectivity index (χ2v) is 6.33. The molecule has 1 N–H and O–H groups in total. The second kappa shape index (κ2) is 6.12. The minimum Gasteiger partial charge on any atom is -0.469 e. The van der Waals surface area contributed by atoms with Crippen molar-refractivity contribution >= 4 is 11.9 Å². The molecule has 0 aliphatic carbocycles. The Labute approximate surface area is 121 Å². The smallest absolute Gasteiger partial charge is 0.308 e. The molecule has 0 aromatic carbocycles. The normalized spacial score (nSPS) is 27.9. The first-order valence-corrected chi connectivity index (χ1v) is 7.59. The van der Waals surface area contributed by atoms with Crippen molar-refractivity contribution in [1.29, 1.82) is 0 Å². The fourth-order valence-corrected chi connectivity index (χ4v) is 3.43. The van der Waals surface area contributed by atoms with E-state index in [1.165, 1.54) is 7.11 Å². The number of piperidine rings is 1. The maximum Gasteiger partial charge on any atom is 0.308 e. The van der Waals surface area contributed by atoms with Gasteiger partial charge in [-0.05, 0) is 31.7 Å². The van der Waals surface area contributed by atoms with E-state index in [-0.39, 0.29) is 23.2 Å². The lowest BCUT2D eigenvalue weighted by Gasteiger charge is -2.39. The first kappa shape index (κ1) is 15.3. The van der Waals surface area contributed by atoms with E-state index >= 15 is 0 Å². The lowest BCUT2D eigenvalue weighted by Crippen LogP contribution is -2.51. The molecule has 0 aromatic heterocycles. The maximum absolute atomic E-state index is 12.9. The number of amides is 1. The van der Waals surface area contributed by atoms with E-state index in [0.717, 1.165) is 32.4 Å². The highest BCUT2D eigenvalue weighted by Crippen LogP contribution is 2.37. The van der Waals surface area contributed by atoms with Crippen molar-refractivity contribution in [3.8, 4) is 0 Å². The van der Waals surface area contributed by atoms with Crippen LogP contribution in [0.5, 0.6) is 0 Å². The summed E-state index contributed by atoms with van der Waals surface area (Å²) < 4.78 is 4.79. The summed E-state index contributed by atoms with van der Waals surface area (Å²) >= 11 is 0. The predicted octanol–water partition coefficient (Wildman–Crippen LogP) is 1.03. The minimum absolute atomic E-state index is 0.0410. The van der Waals surface area contributed by atoms with Crippen LogP contribution in [-0.4, -0.2) is 50.1 Å². The number of ether oxygens (including phenoxy) is 1. The Bertz CT molecular complexity index is 367. The Balaban J connectivity index is 1.99. The van der Waals surface area contributed by atoms with Crippen molar-refractivity contribution in [2.45, 2.75) is 33.1 Å². The number of esters is 1. The van der Waals surface area contributed by atoms with E-state index in [1.807, 2.05) is 4.90 Å². The first-order valence-electron chi connectivity index (χ1n) is 7.59. The van der Waals surface area contributed by atoms with Gasteiger partial charge in [-0.1, -0.05) is 13.8 Å². The number of hydrogen-bond donors (Lipinski definition) is 1. The average molecular weight is 282 g/mol. The second-order valence-electron chi connectivity index (χ2n) is 6.33. The number of rotatable bonds is 3. The van der Waals surface area contributed by atoms with Gasteiger partial charge in [-0.15, -0.1) is 0 Å². The van der Waals surface area contributed by atoms with Gasteiger partial charge in [0.15, 0.2) is 0 Å². The zero-order valence-corrected chi connectivity index (χ0v) is 12.8. The minimum atomic E-state index is -0.252. The van der Waals surface area contributed by atoms with E-state index in [0.29, 0.717) is 19.0 Å². The lowest BCUT2D eigenvalue weighted by atomic mass is 9.74. The van der Waals surface area contributed by atoms with Crippen LogP contribution in [0, 0.1) is 17.3 Å². The van der Waals surface area contributed by atoms with Crippen molar-refractivity contribution in [2.75, 3.05) is 33.3 Å². The van der Waals surface area contributed by atoms with Crippen molar-refractivity contribution in [2.24, 2.45) is 17.3 Å². The van der Waals surface area contributed by atoms with Crippen LogP contribution in [-0.2, 0) is 14.3 Å². The topological polar surface area (TPSA) is 58.6 Å². The third-order valence-electron chi connectivity index (χ3n) is 5.04. The van der Waals surface area contributed by atoms with Gasteiger partial charge in [-0.3, -0.25) is 9.59 Å². The molecule has 20 heavy (non-hydrogen) atoms. The number of hydrogen-bond acceptors (Lipinski definition) is 4. The molecule has 5 heteroatoms. The van der Waals surface area contributed by atoms with Crippen LogP contribution < -0.4 is 5.32 Å². The molecular weight excluding hydrogens is 256 g/mol. The van der Waals surface area contributed by atoms with Gasteiger partial charge in [0.1, 0.15) is 0 Å². The van der Waals surface area contributed by atoms with Gasteiger partial charge in [0, 0.05) is 19.6 Å². The monoisotopic (exact) mass is 282 g/mol. The molecule has 2 aliphatic rings. The summed E-state index contributed by atoms with van der Waals surface area (Å²) in [6.45, 7) is 7.31. The molecule has 1 atom stereocenters. The highest BCUT2D eigenvalue weighted by molar-refractivity contribution is 5.84. The Morgan fingerprint density at radius 2 is 1.95 bits per heavy atom. The highest BCUT2D eigenvalue weighted by Gasteiger charge is 2.46. The van der Waals surface area contributed by atoms with Crippen molar-refractivity contribution in [3.05, 3.63) is 0 Å². The number of carbonyl (C=O) groups excluding carboxylic acids is 2. The van der Waals surface area contributed by atoms with Gasteiger partial charge in [-0.25, -0.2) is 0 Å². The summed E-state index contributed by atoms with van der Waals surface area (Å²) in [7, 11) is 1.43. The number of methoxy groups -OCH3 is 1. The number of likely N-dealkylation sites (tertiary alicyclic amines) is 1. The van der Waals surface area contributed by atoms with E-state index in [4.69, 9.17) is 4.74 Å². The largest absolute Gasteiger partial charge is 0.469 e. The molecular formula is C15H26N2O3. The summed E-state index contributed by atoms with van der Waals surface area (Å²) in [4.78, 5) is 26.4. The lowest BCUT2D eigenvalue weighted by molar-refractivity contribution is -0.152. The number of nitrogens with zero attached hydrogens (tertiary/aromatic N) is 1. The zero-order chi connectivity index (χ0) is 14.8. The van der Waals surface area contributed by atoms with Crippen LogP contribution in [0.1, 0.15) is 33.1 Å². The quantitative estimate of drug-likeness (QED) is 0.786. The van der Waals surface area contributed by atoms with Crippen LogP contribution in [0.4, 0.5) is 0 Å². The van der Waals surface area contributed by atoms with Gasteiger partial charge in [-0.2, -0.15) is 0 Å². The van der Waals surface area contributed by atoms with Crippen LogP contribution >= 0.6 is 0 Å². The van der Waals surface area contributed by atoms with E-state index in [2.05, 4.69) is 19.2 Å². The van der Waals surface area contributed by atoms with E-state index < -0.39 is 0 Å². The summed E-state index contributed by atoms with van der Waals surface area (Å²) in [5.74, 6) is 0.420. The van der Waals surface area contributed by atoms with Crippen LogP contribution in [0.15, 0.2) is 0 Å². The SMILES string of the molecule is COC(=O)C1CCN(C(=O)C2(C(C)C)CCNC2)CC1. The van der Waals surface area contributed by atoms with Gasteiger partial charge in [0.2, 0.25) is 5.91 Å². The van der Waals surface area contributed by atoms with Crippen LogP contribution in [0.25, 0.3) is 0 Å². The van der Waals surface area contributed by atoms with E-state index in [9.17, 15) is 9.59 Å². The molecule has 0 spiro atoms. The summed E-state index contributed by atoms with van der Waals surface area (Å²) in [6.07, 6.45) is 2.36. The molecule has 2 aliphatic heterocycles. The van der Waals surface area contributed by atoms with Gasteiger partial charge < -0.3 is 15.0 Å². The molecule has 2 fully saturated rings. The third-order valence-corrected chi connectivity index (χ3v) is 5.04. The fourth-order valence-electron chi connectivity index (χ4n) is 3.43. The molecule has 2 heterocycles. The molecule has 1 unspecified atom stereocenters. The number of carbonyl (C=O) groups is 2. The fraction of sp³-hybridized carbons (Fsp3) is 0.867. The highest BCUT2D eigenvalue weighted by atomic mass is 16.5. The Kier molecular flexibility index (Phi) is 4.68. The van der Waals surface area contributed by atoms with Crippen molar-refractivity contribution < 1.29 is 14.3 Å². The average Bonchev–Trinajstić information content (AvgIpc) is 2.96. The molecule has 0 bridgehead atoms. The molecule has 2 saturated heterocycles. The molecule has 114 valence electrons. The van der Waals surface area contributed by atoms with Crippen LogP contribution in [0.2, 0.25) is 0 Å². The van der Waals surface area contributed by atoms with Gasteiger partial charge in [0.25, 0.3) is 0 Å². The molecule has 1 amide bonds. The zero-order valence-electron chi connectivity index (χ0n) is 12.8. The third kappa shape index (κ3) is 2.68. The molecule has 0 radical (unpaired) electrons. The van der Waals surface area contributed by atoms with Crippen molar-refractivity contribution in [1.82, 2.24) is 10.2 Å². The summed E-state index contributed by atoms with van der Waals surface area (Å²) in [5, 5.41) is 3.33.